The minimum atomic E-state index is 0.333. The van der Waals surface area contributed by atoms with Gasteiger partial charge in [-0.2, -0.15) is 0 Å². The van der Waals surface area contributed by atoms with Crippen LogP contribution in [-0.2, 0) is 13.0 Å². The zero-order valence-corrected chi connectivity index (χ0v) is 9.87. The van der Waals surface area contributed by atoms with Gasteiger partial charge in [0.2, 0.25) is 0 Å². The standard InChI is InChI=1S/C12H17ClN2/c1-2-10-3-4-12(14-7-10)9-15-6-5-11(13)8-15/h3-4,7,11H,2,5-6,8-9H2,1H3. The van der Waals surface area contributed by atoms with Crippen molar-refractivity contribution in [1.29, 1.82) is 0 Å². The van der Waals surface area contributed by atoms with Crippen molar-refractivity contribution in [2.75, 3.05) is 13.1 Å². The summed E-state index contributed by atoms with van der Waals surface area (Å²) in [6.07, 6.45) is 4.14. The van der Waals surface area contributed by atoms with Crippen LogP contribution in [0.15, 0.2) is 18.3 Å². The average molecular weight is 225 g/mol. The number of alkyl halides is 1. The fourth-order valence-electron chi connectivity index (χ4n) is 1.92. The maximum atomic E-state index is 6.06. The molecule has 2 rings (SSSR count). The summed E-state index contributed by atoms with van der Waals surface area (Å²) in [5.74, 6) is 0. The van der Waals surface area contributed by atoms with Crippen molar-refractivity contribution < 1.29 is 0 Å². The number of hydrogen-bond acceptors (Lipinski definition) is 2. The van der Waals surface area contributed by atoms with E-state index in [0.717, 1.165) is 38.2 Å². The van der Waals surface area contributed by atoms with Gasteiger partial charge in [0.15, 0.2) is 0 Å². The van der Waals surface area contributed by atoms with Gasteiger partial charge in [-0.05, 0) is 24.5 Å². The summed E-state index contributed by atoms with van der Waals surface area (Å²) >= 11 is 6.06. The first kappa shape index (κ1) is 10.9. The second-order valence-corrected chi connectivity index (χ2v) is 4.75. The highest BCUT2D eigenvalue weighted by molar-refractivity contribution is 6.20. The zero-order valence-electron chi connectivity index (χ0n) is 9.12. The molecule has 1 aromatic rings. The lowest BCUT2D eigenvalue weighted by Gasteiger charge is -2.14. The molecule has 1 aliphatic rings. The zero-order chi connectivity index (χ0) is 10.7. The minimum Gasteiger partial charge on any atom is -0.296 e. The third kappa shape index (κ3) is 2.93. The van der Waals surface area contributed by atoms with Gasteiger partial charge in [-0.25, -0.2) is 0 Å². The predicted molar refractivity (Wildman–Crippen MR) is 63.2 cm³/mol. The maximum Gasteiger partial charge on any atom is 0.0544 e. The first-order valence-electron chi connectivity index (χ1n) is 5.58. The van der Waals surface area contributed by atoms with Crippen molar-refractivity contribution in [1.82, 2.24) is 9.88 Å². The van der Waals surface area contributed by atoms with Crippen molar-refractivity contribution in [2.24, 2.45) is 0 Å². The van der Waals surface area contributed by atoms with Gasteiger partial charge in [-0.15, -0.1) is 11.6 Å². The lowest BCUT2D eigenvalue weighted by Crippen LogP contribution is -2.20. The highest BCUT2D eigenvalue weighted by Gasteiger charge is 2.20. The van der Waals surface area contributed by atoms with Crippen LogP contribution in [-0.4, -0.2) is 28.4 Å². The van der Waals surface area contributed by atoms with Gasteiger partial charge in [0.1, 0.15) is 0 Å². The second kappa shape index (κ2) is 4.95. The predicted octanol–water partition coefficient (Wildman–Crippen LogP) is 2.46. The molecule has 0 aromatic carbocycles. The van der Waals surface area contributed by atoms with E-state index >= 15 is 0 Å². The van der Waals surface area contributed by atoms with Gasteiger partial charge < -0.3 is 0 Å². The molecule has 82 valence electrons. The quantitative estimate of drug-likeness (QED) is 0.734. The molecule has 1 unspecified atom stereocenters. The normalized spacial score (nSPS) is 22.1. The van der Waals surface area contributed by atoms with Crippen molar-refractivity contribution in [2.45, 2.75) is 31.7 Å². The van der Waals surface area contributed by atoms with Gasteiger partial charge in [0.05, 0.1) is 5.69 Å². The molecule has 3 heteroatoms. The number of aromatic nitrogens is 1. The van der Waals surface area contributed by atoms with Crippen LogP contribution >= 0.6 is 11.6 Å². The fraction of sp³-hybridized carbons (Fsp3) is 0.583. The minimum absolute atomic E-state index is 0.333. The van der Waals surface area contributed by atoms with Crippen LogP contribution in [0, 0.1) is 0 Å². The molecule has 0 spiro atoms. The Morgan fingerprint density at radius 1 is 1.53 bits per heavy atom. The molecule has 1 saturated heterocycles. The van der Waals surface area contributed by atoms with Crippen molar-refractivity contribution >= 4 is 11.6 Å². The number of rotatable bonds is 3. The van der Waals surface area contributed by atoms with E-state index in [1.807, 2.05) is 6.20 Å². The van der Waals surface area contributed by atoms with E-state index in [0.29, 0.717) is 5.38 Å². The largest absolute Gasteiger partial charge is 0.296 e. The Morgan fingerprint density at radius 3 is 2.93 bits per heavy atom. The number of likely N-dealkylation sites (tertiary alicyclic amines) is 1. The molecule has 15 heavy (non-hydrogen) atoms. The molecule has 2 heterocycles. The first-order valence-corrected chi connectivity index (χ1v) is 6.02. The average Bonchev–Trinajstić information content (AvgIpc) is 2.65. The molecule has 0 saturated carbocycles. The van der Waals surface area contributed by atoms with Crippen molar-refractivity contribution in [3.63, 3.8) is 0 Å². The Balaban J connectivity index is 1.93. The van der Waals surface area contributed by atoms with E-state index in [4.69, 9.17) is 11.6 Å². The Bertz CT molecular complexity index is 310. The Hall–Kier alpha value is -0.600. The van der Waals surface area contributed by atoms with Crippen LogP contribution in [0.4, 0.5) is 0 Å². The third-order valence-corrected chi connectivity index (χ3v) is 3.25. The topological polar surface area (TPSA) is 16.1 Å². The molecule has 1 fully saturated rings. The molecule has 0 N–H and O–H groups in total. The lowest BCUT2D eigenvalue weighted by atomic mass is 10.2. The number of hydrogen-bond donors (Lipinski definition) is 0. The smallest absolute Gasteiger partial charge is 0.0544 e. The Labute approximate surface area is 96.3 Å². The number of pyridine rings is 1. The molecule has 1 atom stereocenters. The molecule has 0 aliphatic carbocycles. The third-order valence-electron chi connectivity index (χ3n) is 2.89. The van der Waals surface area contributed by atoms with E-state index in [9.17, 15) is 0 Å². The summed E-state index contributed by atoms with van der Waals surface area (Å²) in [6, 6.07) is 4.29. The van der Waals surface area contributed by atoms with E-state index in [1.165, 1.54) is 5.56 Å². The van der Waals surface area contributed by atoms with Crippen LogP contribution < -0.4 is 0 Å². The van der Waals surface area contributed by atoms with Crippen LogP contribution in [0.25, 0.3) is 0 Å². The Morgan fingerprint density at radius 2 is 2.40 bits per heavy atom. The summed E-state index contributed by atoms with van der Waals surface area (Å²) in [4.78, 5) is 6.82. The van der Waals surface area contributed by atoms with Crippen LogP contribution in [0.3, 0.4) is 0 Å². The van der Waals surface area contributed by atoms with Crippen LogP contribution in [0.5, 0.6) is 0 Å². The second-order valence-electron chi connectivity index (χ2n) is 4.13. The number of aryl methyl sites for hydroxylation is 1. The van der Waals surface area contributed by atoms with Gasteiger partial charge in [-0.3, -0.25) is 9.88 Å². The molecule has 0 radical (unpaired) electrons. The first-order chi connectivity index (χ1) is 7.28. The van der Waals surface area contributed by atoms with Crippen molar-refractivity contribution in [3.05, 3.63) is 29.6 Å². The summed E-state index contributed by atoms with van der Waals surface area (Å²) in [5, 5.41) is 0.333. The van der Waals surface area contributed by atoms with Gasteiger partial charge in [-0.1, -0.05) is 13.0 Å². The molecule has 1 aliphatic heterocycles. The van der Waals surface area contributed by atoms with Crippen molar-refractivity contribution in [3.8, 4) is 0 Å². The maximum absolute atomic E-state index is 6.06. The number of nitrogens with zero attached hydrogens (tertiary/aromatic N) is 2. The van der Waals surface area contributed by atoms with Gasteiger partial charge in [0.25, 0.3) is 0 Å². The molecular weight excluding hydrogens is 208 g/mol. The molecular formula is C12H17ClN2. The molecule has 1 aromatic heterocycles. The van der Waals surface area contributed by atoms with E-state index in [-0.39, 0.29) is 0 Å². The molecule has 0 bridgehead atoms. The van der Waals surface area contributed by atoms with E-state index in [2.05, 4.69) is 28.9 Å². The lowest BCUT2D eigenvalue weighted by molar-refractivity contribution is 0.327. The number of halogens is 1. The van der Waals surface area contributed by atoms with Crippen LogP contribution in [0.1, 0.15) is 24.6 Å². The molecule has 2 nitrogen and oxygen atoms in total. The fourth-order valence-corrected chi connectivity index (χ4v) is 2.21. The highest BCUT2D eigenvalue weighted by atomic mass is 35.5. The van der Waals surface area contributed by atoms with Gasteiger partial charge >= 0.3 is 0 Å². The van der Waals surface area contributed by atoms with E-state index < -0.39 is 0 Å². The summed E-state index contributed by atoms with van der Waals surface area (Å²) < 4.78 is 0. The molecule has 0 amide bonds. The summed E-state index contributed by atoms with van der Waals surface area (Å²) in [7, 11) is 0. The SMILES string of the molecule is CCc1ccc(CN2CCC(Cl)C2)nc1. The van der Waals surface area contributed by atoms with Gasteiger partial charge in [0, 0.05) is 31.2 Å². The summed E-state index contributed by atoms with van der Waals surface area (Å²) in [5.41, 5.74) is 2.45. The summed E-state index contributed by atoms with van der Waals surface area (Å²) in [6.45, 7) is 5.19. The van der Waals surface area contributed by atoms with E-state index in [1.54, 1.807) is 0 Å². The monoisotopic (exact) mass is 224 g/mol. The Kier molecular flexibility index (Phi) is 3.60. The van der Waals surface area contributed by atoms with Crippen LogP contribution in [0.2, 0.25) is 0 Å². The highest BCUT2D eigenvalue weighted by Crippen LogP contribution is 2.16.